The van der Waals surface area contributed by atoms with Crippen molar-refractivity contribution in [1.29, 1.82) is 0 Å². The number of pyridine rings is 1. The molecule has 2 atom stereocenters. The first-order valence-corrected chi connectivity index (χ1v) is 13.3. The van der Waals surface area contributed by atoms with Gasteiger partial charge in [0.05, 0.1) is 0 Å². The molecule has 8 nitrogen and oxygen atoms in total. The van der Waals surface area contributed by atoms with E-state index in [2.05, 4.69) is 17.1 Å². The normalized spacial score (nSPS) is 20.7. The number of thioether (sulfide) groups is 1. The molecule has 0 spiro atoms. The molecule has 0 bridgehead atoms. The van der Waals surface area contributed by atoms with E-state index in [0.717, 1.165) is 17.0 Å². The Bertz CT molecular complexity index is 1310. The van der Waals surface area contributed by atoms with Gasteiger partial charge in [0.25, 0.3) is 0 Å². The number of imidazole rings is 1. The lowest BCUT2D eigenvalue weighted by molar-refractivity contribution is -0.164. The Hall–Kier alpha value is -3.33. The number of rotatable bonds is 9. The molecule has 0 radical (unpaired) electrons. The highest BCUT2D eigenvalue weighted by molar-refractivity contribution is 7.99. The zero-order chi connectivity index (χ0) is 25.3. The first-order valence-electron chi connectivity index (χ1n) is 12.3. The number of fused-ring (bicyclic) bond motifs is 2. The molecule has 188 valence electrons. The van der Waals surface area contributed by atoms with Gasteiger partial charge in [-0.2, -0.15) is 0 Å². The zero-order valence-electron chi connectivity index (χ0n) is 20.3. The van der Waals surface area contributed by atoms with Crippen molar-refractivity contribution < 1.29 is 19.5 Å². The van der Waals surface area contributed by atoms with Gasteiger partial charge in [-0.1, -0.05) is 18.2 Å². The molecule has 1 aromatic carbocycles. The van der Waals surface area contributed by atoms with Gasteiger partial charge in [-0.05, 0) is 49.1 Å². The van der Waals surface area contributed by atoms with Crippen LogP contribution < -0.4 is 0 Å². The fourth-order valence-corrected chi connectivity index (χ4v) is 6.44. The van der Waals surface area contributed by atoms with Crippen LogP contribution in [0.4, 0.5) is 0 Å². The summed E-state index contributed by atoms with van der Waals surface area (Å²) in [6, 6.07) is 12.1. The van der Waals surface area contributed by atoms with E-state index in [9.17, 15) is 14.4 Å². The van der Waals surface area contributed by atoms with Gasteiger partial charge in [0, 0.05) is 67.6 Å². The van der Waals surface area contributed by atoms with E-state index in [-0.39, 0.29) is 24.2 Å². The number of likely N-dealkylation sites (tertiary alicyclic amines) is 1. The van der Waals surface area contributed by atoms with Gasteiger partial charge in [0.2, 0.25) is 11.8 Å². The molecule has 2 aliphatic heterocycles. The van der Waals surface area contributed by atoms with Crippen molar-refractivity contribution in [1.82, 2.24) is 19.2 Å². The molecule has 0 saturated carbocycles. The molecular formula is C27H30N4O4S. The van der Waals surface area contributed by atoms with Crippen molar-refractivity contribution in [3.63, 3.8) is 0 Å². The highest BCUT2D eigenvalue weighted by Crippen LogP contribution is 2.42. The van der Waals surface area contributed by atoms with E-state index >= 15 is 0 Å². The summed E-state index contributed by atoms with van der Waals surface area (Å²) in [6.07, 6.45) is 6.80. The minimum atomic E-state index is -0.914. The number of hydrogen-bond acceptors (Lipinski definition) is 5. The van der Waals surface area contributed by atoms with Crippen LogP contribution in [0.3, 0.4) is 0 Å². The monoisotopic (exact) mass is 506 g/mol. The van der Waals surface area contributed by atoms with Crippen molar-refractivity contribution in [2.75, 3.05) is 18.8 Å². The molecule has 4 heterocycles. The second kappa shape index (κ2) is 9.97. The number of carboxylic acids is 1. The smallest absolute Gasteiger partial charge is 0.303 e. The van der Waals surface area contributed by atoms with Gasteiger partial charge >= 0.3 is 5.97 Å². The molecule has 5 rings (SSSR count). The Kier molecular flexibility index (Phi) is 6.75. The summed E-state index contributed by atoms with van der Waals surface area (Å²) >= 11 is 1.78. The van der Waals surface area contributed by atoms with Crippen LogP contribution in [-0.2, 0) is 20.9 Å². The first-order chi connectivity index (χ1) is 17.3. The van der Waals surface area contributed by atoms with E-state index in [0.29, 0.717) is 38.9 Å². The summed E-state index contributed by atoms with van der Waals surface area (Å²) in [5.41, 5.74) is 2.00. The Morgan fingerprint density at radius 2 is 2.06 bits per heavy atom. The highest BCUT2D eigenvalue weighted by atomic mass is 32.2. The summed E-state index contributed by atoms with van der Waals surface area (Å²) in [6.45, 7) is 3.06. The second-order valence-electron chi connectivity index (χ2n) is 9.77. The Labute approximate surface area is 214 Å². The average molecular weight is 507 g/mol. The topological polar surface area (TPSA) is 95.2 Å². The maximum absolute atomic E-state index is 13.9. The van der Waals surface area contributed by atoms with Crippen molar-refractivity contribution in [2.24, 2.45) is 0 Å². The standard InChI is InChI=1S/C27H30N4O4S/c1-27(9-13-31(27)24(32)16-20-18-36-22-6-3-2-5-21(20)22)26(35)30(11-4-7-25(33)34)17-19-8-12-29-14-10-28-23(29)15-19/h2-3,5-6,8,10,12,14-15,20H,4,7,9,11,13,16-18H2,1H3,(H,33,34). The van der Waals surface area contributed by atoms with Crippen LogP contribution in [0.25, 0.3) is 5.65 Å². The molecule has 3 aromatic rings. The predicted molar refractivity (Wildman–Crippen MR) is 137 cm³/mol. The van der Waals surface area contributed by atoms with Crippen LogP contribution >= 0.6 is 11.8 Å². The number of hydrogen-bond donors (Lipinski definition) is 1. The molecule has 1 saturated heterocycles. The fraction of sp³-hybridized carbons (Fsp3) is 0.407. The van der Waals surface area contributed by atoms with Crippen molar-refractivity contribution in [3.05, 3.63) is 66.1 Å². The number of carboxylic acid groups (broad SMARTS) is 1. The van der Waals surface area contributed by atoms with Gasteiger partial charge in [0.15, 0.2) is 0 Å². The lowest BCUT2D eigenvalue weighted by Crippen LogP contribution is -2.67. The van der Waals surface area contributed by atoms with Gasteiger partial charge < -0.3 is 19.3 Å². The van der Waals surface area contributed by atoms with Crippen LogP contribution in [0.1, 0.15) is 49.7 Å². The van der Waals surface area contributed by atoms with Gasteiger partial charge in [-0.15, -0.1) is 11.8 Å². The molecule has 0 aliphatic carbocycles. The van der Waals surface area contributed by atoms with Crippen molar-refractivity contribution in [3.8, 4) is 0 Å². The maximum atomic E-state index is 13.9. The third-order valence-electron chi connectivity index (χ3n) is 7.34. The number of nitrogens with zero attached hydrogens (tertiary/aromatic N) is 4. The van der Waals surface area contributed by atoms with E-state index in [1.165, 1.54) is 10.5 Å². The number of carbonyl (C=O) groups excluding carboxylic acids is 2. The summed E-state index contributed by atoms with van der Waals surface area (Å²) < 4.78 is 1.90. The van der Waals surface area contributed by atoms with Gasteiger partial charge in [0.1, 0.15) is 11.2 Å². The Balaban J connectivity index is 1.31. The largest absolute Gasteiger partial charge is 0.481 e. The van der Waals surface area contributed by atoms with Gasteiger partial charge in [-0.25, -0.2) is 4.98 Å². The number of aliphatic carboxylic acids is 1. The summed E-state index contributed by atoms with van der Waals surface area (Å²) in [5.74, 6) is 0.0241. The number of amides is 2. The highest BCUT2D eigenvalue weighted by Gasteiger charge is 2.51. The van der Waals surface area contributed by atoms with Crippen molar-refractivity contribution >= 4 is 35.2 Å². The molecule has 1 N–H and O–H groups in total. The van der Waals surface area contributed by atoms with E-state index < -0.39 is 11.5 Å². The lowest BCUT2D eigenvalue weighted by Gasteiger charge is -2.51. The first kappa shape index (κ1) is 24.4. The van der Waals surface area contributed by atoms with E-state index in [1.54, 1.807) is 27.8 Å². The summed E-state index contributed by atoms with van der Waals surface area (Å²) in [4.78, 5) is 47.3. The molecule has 2 aliphatic rings. The SMILES string of the molecule is CC1(C(=O)N(CCCC(=O)O)Cc2ccn3ccnc3c2)CCN1C(=O)CC1CSc2ccccc21. The fourth-order valence-electron chi connectivity index (χ4n) is 5.19. The minimum Gasteiger partial charge on any atom is -0.481 e. The van der Waals surface area contributed by atoms with E-state index in [1.807, 2.05) is 48.0 Å². The van der Waals surface area contributed by atoms with Crippen LogP contribution in [0, 0.1) is 0 Å². The van der Waals surface area contributed by atoms with Crippen LogP contribution in [-0.4, -0.2) is 66.5 Å². The molecule has 2 amide bonds. The maximum Gasteiger partial charge on any atom is 0.303 e. The minimum absolute atomic E-state index is 0.00342. The second-order valence-corrected chi connectivity index (χ2v) is 10.8. The average Bonchev–Trinajstić information content (AvgIpc) is 3.48. The molecule has 9 heteroatoms. The zero-order valence-corrected chi connectivity index (χ0v) is 21.1. The summed E-state index contributed by atoms with van der Waals surface area (Å²) in [7, 11) is 0. The molecule has 1 fully saturated rings. The molecular weight excluding hydrogens is 476 g/mol. The van der Waals surface area contributed by atoms with Crippen LogP contribution in [0.15, 0.2) is 59.9 Å². The molecule has 2 unspecified atom stereocenters. The quantitative estimate of drug-likeness (QED) is 0.474. The predicted octanol–water partition coefficient (Wildman–Crippen LogP) is 3.80. The van der Waals surface area contributed by atoms with Crippen LogP contribution in [0.5, 0.6) is 0 Å². The third-order valence-corrected chi connectivity index (χ3v) is 8.59. The molecule has 2 aromatic heterocycles. The summed E-state index contributed by atoms with van der Waals surface area (Å²) in [5, 5.41) is 9.12. The number of carbonyl (C=O) groups is 3. The number of benzene rings is 1. The molecule has 36 heavy (non-hydrogen) atoms. The van der Waals surface area contributed by atoms with Crippen LogP contribution in [0.2, 0.25) is 0 Å². The number of aromatic nitrogens is 2. The third kappa shape index (κ3) is 4.72. The van der Waals surface area contributed by atoms with E-state index in [4.69, 9.17) is 5.11 Å². The van der Waals surface area contributed by atoms with Crippen molar-refractivity contribution in [2.45, 2.75) is 55.5 Å². The Morgan fingerprint density at radius 3 is 2.83 bits per heavy atom. The van der Waals surface area contributed by atoms with Gasteiger partial charge in [-0.3, -0.25) is 14.4 Å². The Morgan fingerprint density at radius 1 is 1.22 bits per heavy atom. The lowest BCUT2D eigenvalue weighted by atomic mass is 9.83.